The Kier molecular flexibility index (Phi) is 3.67. The maximum Gasteiger partial charge on any atom is 0.312 e. The van der Waals surface area contributed by atoms with Crippen LogP contribution in [0, 0.1) is 16.2 Å². The fourth-order valence-electron chi connectivity index (χ4n) is 2.70. The molecule has 0 spiro atoms. The minimum atomic E-state index is -0.239. The molecule has 1 saturated carbocycles. The number of ether oxygens (including phenoxy) is 1. The highest BCUT2D eigenvalue weighted by molar-refractivity contribution is 5.82. The van der Waals surface area contributed by atoms with E-state index in [-0.39, 0.29) is 28.3 Å². The Morgan fingerprint density at radius 2 is 1.82 bits per heavy atom. The molecule has 0 saturated heterocycles. The predicted molar refractivity (Wildman–Crippen MR) is 70.7 cm³/mol. The molecule has 1 rings (SSSR count). The van der Waals surface area contributed by atoms with Crippen molar-refractivity contribution in [1.29, 1.82) is 0 Å². The molecule has 100 valence electrons. The van der Waals surface area contributed by atoms with E-state index in [4.69, 9.17) is 4.74 Å². The van der Waals surface area contributed by atoms with Crippen LogP contribution in [0.4, 0.5) is 0 Å². The van der Waals surface area contributed by atoms with Crippen LogP contribution in [0.2, 0.25) is 0 Å². The Morgan fingerprint density at radius 1 is 1.35 bits per heavy atom. The summed E-state index contributed by atoms with van der Waals surface area (Å²) in [5.74, 6) is 0.0130. The summed E-state index contributed by atoms with van der Waals surface area (Å²) in [7, 11) is 0. The van der Waals surface area contributed by atoms with Crippen molar-refractivity contribution in [3.63, 3.8) is 0 Å². The van der Waals surface area contributed by atoms with Gasteiger partial charge in [0.25, 0.3) is 0 Å². The lowest BCUT2D eigenvalue weighted by Crippen LogP contribution is -2.31. The quantitative estimate of drug-likeness (QED) is 0.674. The Hall–Kier alpha value is -0.530. The summed E-state index contributed by atoms with van der Waals surface area (Å²) in [6, 6.07) is 0. The van der Waals surface area contributed by atoms with Gasteiger partial charge in [0.2, 0.25) is 0 Å². The second-order valence-electron chi connectivity index (χ2n) is 7.29. The van der Waals surface area contributed by atoms with E-state index in [1.165, 1.54) is 0 Å². The molecule has 0 bridgehead atoms. The molecule has 0 radical (unpaired) electrons. The zero-order chi connectivity index (χ0) is 13.5. The molecular formula is C15H28O2. The van der Waals surface area contributed by atoms with Gasteiger partial charge in [0, 0.05) is 0 Å². The highest BCUT2D eigenvalue weighted by Crippen LogP contribution is 2.68. The molecule has 2 heteroatoms. The van der Waals surface area contributed by atoms with Crippen LogP contribution < -0.4 is 0 Å². The Balaban J connectivity index is 2.83. The molecule has 0 N–H and O–H groups in total. The van der Waals surface area contributed by atoms with Crippen molar-refractivity contribution < 1.29 is 9.53 Å². The zero-order valence-corrected chi connectivity index (χ0v) is 12.5. The van der Waals surface area contributed by atoms with E-state index >= 15 is 0 Å². The van der Waals surface area contributed by atoms with Gasteiger partial charge >= 0.3 is 5.97 Å². The average molecular weight is 240 g/mol. The van der Waals surface area contributed by atoms with Crippen LogP contribution in [0.15, 0.2) is 0 Å². The van der Waals surface area contributed by atoms with Crippen molar-refractivity contribution >= 4 is 5.97 Å². The SMILES string of the molecule is CCC(C)(C)CC1(C(=O)OC(C)C)CC1(C)C. The van der Waals surface area contributed by atoms with Gasteiger partial charge in [-0.05, 0) is 37.5 Å². The van der Waals surface area contributed by atoms with Gasteiger partial charge in [0.05, 0.1) is 11.5 Å². The molecule has 0 amide bonds. The first-order chi connectivity index (χ1) is 7.56. The van der Waals surface area contributed by atoms with Gasteiger partial charge in [-0.2, -0.15) is 0 Å². The third-order valence-corrected chi connectivity index (χ3v) is 4.39. The van der Waals surface area contributed by atoms with Crippen molar-refractivity contribution in [2.75, 3.05) is 0 Å². The van der Waals surface area contributed by atoms with Crippen LogP contribution in [-0.2, 0) is 9.53 Å². The molecule has 17 heavy (non-hydrogen) atoms. The van der Waals surface area contributed by atoms with Gasteiger partial charge in [0.1, 0.15) is 0 Å². The summed E-state index contributed by atoms with van der Waals surface area (Å²) in [6.07, 6.45) is 2.99. The Labute approximate surface area is 106 Å². The van der Waals surface area contributed by atoms with Crippen LogP contribution in [-0.4, -0.2) is 12.1 Å². The molecule has 0 aromatic carbocycles. The summed E-state index contributed by atoms with van der Waals surface area (Å²) in [4.78, 5) is 12.3. The van der Waals surface area contributed by atoms with Crippen LogP contribution >= 0.6 is 0 Å². The van der Waals surface area contributed by atoms with E-state index in [1.807, 2.05) is 13.8 Å². The van der Waals surface area contributed by atoms with Crippen LogP contribution in [0.5, 0.6) is 0 Å². The van der Waals surface area contributed by atoms with E-state index in [2.05, 4.69) is 34.6 Å². The summed E-state index contributed by atoms with van der Waals surface area (Å²) >= 11 is 0. The van der Waals surface area contributed by atoms with Crippen molar-refractivity contribution in [3.05, 3.63) is 0 Å². The molecule has 0 aliphatic heterocycles. The molecule has 0 aromatic heterocycles. The van der Waals surface area contributed by atoms with E-state index < -0.39 is 0 Å². The molecule has 1 aliphatic carbocycles. The predicted octanol–water partition coefficient (Wildman–Crippen LogP) is 4.18. The summed E-state index contributed by atoms with van der Waals surface area (Å²) in [6.45, 7) is 14.9. The topological polar surface area (TPSA) is 26.3 Å². The Bertz CT molecular complexity index is 302. The van der Waals surface area contributed by atoms with Gasteiger partial charge in [-0.25, -0.2) is 0 Å². The minimum Gasteiger partial charge on any atom is -0.463 e. The van der Waals surface area contributed by atoms with Crippen LogP contribution in [0.25, 0.3) is 0 Å². The molecule has 1 unspecified atom stereocenters. The molecule has 1 aliphatic rings. The van der Waals surface area contributed by atoms with Gasteiger partial charge < -0.3 is 4.74 Å². The van der Waals surface area contributed by atoms with E-state index in [0.717, 1.165) is 19.3 Å². The Morgan fingerprint density at radius 3 is 2.12 bits per heavy atom. The lowest BCUT2D eigenvalue weighted by molar-refractivity contribution is -0.157. The van der Waals surface area contributed by atoms with Crippen molar-refractivity contribution in [2.45, 2.75) is 73.8 Å². The largest absolute Gasteiger partial charge is 0.463 e. The first kappa shape index (κ1) is 14.5. The van der Waals surface area contributed by atoms with Gasteiger partial charge in [-0.15, -0.1) is 0 Å². The number of carbonyl (C=O) groups excluding carboxylic acids is 1. The molecule has 0 heterocycles. The molecule has 2 nitrogen and oxygen atoms in total. The maximum absolute atomic E-state index is 12.3. The fourth-order valence-corrected chi connectivity index (χ4v) is 2.70. The van der Waals surface area contributed by atoms with Gasteiger partial charge in [-0.1, -0.05) is 41.0 Å². The van der Waals surface area contributed by atoms with Crippen molar-refractivity contribution in [3.8, 4) is 0 Å². The highest BCUT2D eigenvalue weighted by Gasteiger charge is 2.68. The fraction of sp³-hybridized carbons (Fsp3) is 0.933. The number of hydrogen-bond acceptors (Lipinski definition) is 2. The normalized spacial score (nSPS) is 27.1. The minimum absolute atomic E-state index is 0.0130. The van der Waals surface area contributed by atoms with E-state index in [1.54, 1.807) is 0 Å². The number of carbonyl (C=O) groups is 1. The van der Waals surface area contributed by atoms with E-state index in [9.17, 15) is 4.79 Å². The second-order valence-corrected chi connectivity index (χ2v) is 7.29. The molecule has 0 aromatic rings. The smallest absolute Gasteiger partial charge is 0.312 e. The highest BCUT2D eigenvalue weighted by atomic mass is 16.5. The zero-order valence-electron chi connectivity index (χ0n) is 12.5. The molecule has 1 atom stereocenters. The van der Waals surface area contributed by atoms with Crippen molar-refractivity contribution in [2.24, 2.45) is 16.2 Å². The van der Waals surface area contributed by atoms with Crippen LogP contribution in [0.3, 0.4) is 0 Å². The number of hydrogen-bond donors (Lipinski definition) is 0. The van der Waals surface area contributed by atoms with E-state index in [0.29, 0.717) is 0 Å². The lowest BCUT2D eigenvalue weighted by Gasteiger charge is -2.30. The first-order valence-corrected chi connectivity index (χ1v) is 6.77. The lowest BCUT2D eigenvalue weighted by atomic mass is 9.76. The standard InChI is InChI=1S/C15H28O2/c1-8-13(4,5)9-15(10-14(15,6)7)12(16)17-11(2)3/h11H,8-10H2,1-7H3. The monoisotopic (exact) mass is 240 g/mol. The third-order valence-electron chi connectivity index (χ3n) is 4.39. The number of esters is 1. The maximum atomic E-state index is 12.3. The summed E-state index contributed by atoms with van der Waals surface area (Å²) in [5.41, 5.74) is 0.0754. The third kappa shape index (κ3) is 2.83. The van der Waals surface area contributed by atoms with Gasteiger partial charge in [0.15, 0.2) is 0 Å². The summed E-state index contributed by atoms with van der Waals surface area (Å²) in [5, 5.41) is 0. The first-order valence-electron chi connectivity index (χ1n) is 6.77. The molecular weight excluding hydrogens is 212 g/mol. The summed E-state index contributed by atoms with van der Waals surface area (Å²) < 4.78 is 5.46. The second kappa shape index (κ2) is 4.29. The van der Waals surface area contributed by atoms with Crippen molar-refractivity contribution in [1.82, 2.24) is 0 Å². The van der Waals surface area contributed by atoms with Gasteiger partial charge in [-0.3, -0.25) is 4.79 Å². The number of rotatable bonds is 5. The molecule has 1 fully saturated rings. The van der Waals surface area contributed by atoms with Crippen LogP contribution in [0.1, 0.15) is 67.7 Å². The average Bonchev–Trinajstić information content (AvgIpc) is 2.67.